The fourth-order valence-corrected chi connectivity index (χ4v) is 6.73. The van der Waals surface area contributed by atoms with Crippen LogP contribution in [0.4, 0.5) is 5.82 Å². The van der Waals surface area contributed by atoms with Crippen molar-refractivity contribution in [2.75, 3.05) is 44.4 Å². The molecule has 2 aromatic heterocycles. The van der Waals surface area contributed by atoms with Crippen molar-refractivity contribution in [2.45, 2.75) is 48.2 Å². The summed E-state index contributed by atoms with van der Waals surface area (Å²) < 4.78 is 12.8. The van der Waals surface area contributed by atoms with E-state index in [9.17, 15) is 4.79 Å². The molecule has 0 amide bonds. The second kappa shape index (κ2) is 10.5. The molecule has 0 radical (unpaired) electrons. The monoisotopic (exact) mass is 542 g/mol. The number of rotatable bonds is 5. The molecule has 0 bridgehead atoms. The number of halogens is 1. The summed E-state index contributed by atoms with van der Waals surface area (Å²) in [5, 5.41) is 1.57. The molecule has 3 saturated heterocycles. The summed E-state index contributed by atoms with van der Waals surface area (Å²) in [5.74, 6) is 1.26. The van der Waals surface area contributed by atoms with Gasteiger partial charge in [-0.1, -0.05) is 23.4 Å². The molecule has 1 atom stereocenters. The summed E-state index contributed by atoms with van der Waals surface area (Å²) in [6, 6.07) is 3.84. The molecule has 9 nitrogen and oxygen atoms in total. The summed E-state index contributed by atoms with van der Waals surface area (Å²) >= 11 is 8.17. The SMILES string of the molecule is N[C@@H]1COCC12CCN(c1cnc(Sc3ccc4ncn(CC5CCOCC5)c(=O)c4c3Cl)cn1)CC2. The Morgan fingerprint density at radius 3 is 2.62 bits per heavy atom. The van der Waals surface area contributed by atoms with Gasteiger partial charge in [0.15, 0.2) is 0 Å². The number of nitrogens with zero attached hydrogens (tertiary/aromatic N) is 5. The van der Waals surface area contributed by atoms with Crippen LogP contribution >= 0.6 is 23.4 Å². The van der Waals surface area contributed by atoms with E-state index in [1.165, 1.54) is 11.8 Å². The van der Waals surface area contributed by atoms with Crippen LogP contribution in [-0.4, -0.2) is 65.1 Å². The molecule has 5 heterocycles. The Morgan fingerprint density at radius 1 is 1.11 bits per heavy atom. The highest BCUT2D eigenvalue weighted by molar-refractivity contribution is 7.99. The van der Waals surface area contributed by atoms with E-state index in [0.29, 0.717) is 35.0 Å². The molecule has 0 unspecified atom stereocenters. The molecule has 11 heteroatoms. The molecule has 3 aromatic rings. The fraction of sp³-hybridized carbons (Fsp3) is 0.538. The summed E-state index contributed by atoms with van der Waals surface area (Å²) in [6.07, 6.45) is 9.10. The van der Waals surface area contributed by atoms with Crippen LogP contribution < -0.4 is 16.2 Å². The fourth-order valence-electron chi connectivity index (χ4n) is 5.61. The van der Waals surface area contributed by atoms with Crippen molar-refractivity contribution < 1.29 is 9.47 Å². The Kier molecular flexibility index (Phi) is 7.11. The lowest BCUT2D eigenvalue weighted by atomic mass is 9.75. The van der Waals surface area contributed by atoms with Crippen LogP contribution in [0.1, 0.15) is 25.7 Å². The van der Waals surface area contributed by atoms with Crippen molar-refractivity contribution in [3.8, 4) is 0 Å². The zero-order chi connectivity index (χ0) is 25.4. The van der Waals surface area contributed by atoms with E-state index >= 15 is 0 Å². The Labute approximate surface area is 224 Å². The van der Waals surface area contributed by atoms with Crippen LogP contribution in [0.5, 0.6) is 0 Å². The largest absolute Gasteiger partial charge is 0.381 e. The third-order valence-electron chi connectivity index (χ3n) is 8.08. The van der Waals surface area contributed by atoms with E-state index in [2.05, 4.69) is 19.9 Å². The number of benzene rings is 1. The van der Waals surface area contributed by atoms with E-state index in [1.807, 2.05) is 18.3 Å². The molecule has 2 N–H and O–H groups in total. The molecule has 1 aromatic carbocycles. The van der Waals surface area contributed by atoms with Gasteiger partial charge in [-0.15, -0.1) is 0 Å². The maximum absolute atomic E-state index is 13.3. The number of anilines is 1. The molecule has 1 spiro atoms. The number of ether oxygens (including phenoxy) is 2. The van der Waals surface area contributed by atoms with Gasteiger partial charge in [-0.05, 0) is 43.7 Å². The van der Waals surface area contributed by atoms with Crippen LogP contribution in [0.25, 0.3) is 10.9 Å². The quantitative estimate of drug-likeness (QED) is 0.519. The Morgan fingerprint density at radius 2 is 1.92 bits per heavy atom. The highest BCUT2D eigenvalue weighted by Gasteiger charge is 2.44. The molecule has 6 rings (SSSR count). The molecule has 37 heavy (non-hydrogen) atoms. The van der Waals surface area contributed by atoms with E-state index in [4.69, 9.17) is 26.8 Å². The Balaban J connectivity index is 1.17. The van der Waals surface area contributed by atoms with E-state index < -0.39 is 0 Å². The second-order valence-corrected chi connectivity index (χ2v) is 11.8. The summed E-state index contributed by atoms with van der Waals surface area (Å²) in [4.78, 5) is 30.1. The van der Waals surface area contributed by atoms with Gasteiger partial charge in [0.25, 0.3) is 5.56 Å². The number of nitrogens with two attached hydrogens (primary N) is 1. The Bertz CT molecular complexity index is 1320. The minimum absolute atomic E-state index is 0.102. The van der Waals surface area contributed by atoms with Crippen molar-refractivity contribution in [1.82, 2.24) is 19.5 Å². The topological polar surface area (TPSA) is 108 Å². The van der Waals surface area contributed by atoms with Gasteiger partial charge in [-0.3, -0.25) is 9.36 Å². The number of aromatic nitrogens is 4. The predicted molar refractivity (Wildman–Crippen MR) is 143 cm³/mol. The van der Waals surface area contributed by atoms with Crippen molar-refractivity contribution in [1.29, 1.82) is 0 Å². The summed E-state index contributed by atoms with van der Waals surface area (Å²) in [7, 11) is 0. The van der Waals surface area contributed by atoms with Gasteiger partial charge in [-0.2, -0.15) is 0 Å². The molecule has 3 aliphatic heterocycles. The van der Waals surface area contributed by atoms with Crippen LogP contribution in [0.3, 0.4) is 0 Å². The highest BCUT2D eigenvalue weighted by atomic mass is 35.5. The number of hydrogen-bond acceptors (Lipinski definition) is 9. The van der Waals surface area contributed by atoms with Crippen molar-refractivity contribution in [3.63, 3.8) is 0 Å². The molecule has 0 aliphatic carbocycles. The van der Waals surface area contributed by atoms with Gasteiger partial charge in [0.2, 0.25) is 0 Å². The average molecular weight is 543 g/mol. The molecule has 3 fully saturated rings. The first-order chi connectivity index (χ1) is 18.0. The van der Waals surface area contributed by atoms with E-state index in [1.54, 1.807) is 17.1 Å². The average Bonchev–Trinajstić information content (AvgIpc) is 3.27. The van der Waals surface area contributed by atoms with E-state index in [-0.39, 0.29) is 17.0 Å². The van der Waals surface area contributed by atoms with Crippen molar-refractivity contribution >= 4 is 40.1 Å². The van der Waals surface area contributed by atoms with Gasteiger partial charge in [0.05, 0.1) is 47.9 Å². The first-order valence-corrected chi connectivity index (χ1v) is 14.1. The maximum Gasteiger partial charge on any atom is 0.262 e. The first kappa shape index (κ1) is 25.1. The minimum Gasteiger partial charge on any atom is -0.381 e. The number of piperidine rings is 1. The Hall–Kier alpha value is -2.24. The van der Waals surface area contributed by atoms with Crippen molar-refractivity contribution in [3.05, 3.63) is 46.2 Å². The molecular weight excluding hydrogens is 512 g/mol. The minimum atomic E-state index is -0.111. The standard InChI is InChI=1S/C26H31ClN6O3S/c27-24-19(2-1-18-23(24)25(34)33(16-31-18)13-17-3-9-35-10-4-17)37-22-12-29-21(11-30-22)32-7-5-26(6-8-32)15-36-14-20(26)28/h1-2,11-12,16-17,20H,3-10,13-15,28H2/t20-/m1/s1. The number of fused-ring (bicyclic) bond motifs is 1. The lowest BCUT2D eigenvalue weighted by Crippen LogP contribution is -2.49. The number of hydrogen-bond donors (Lipinski definition) is 1. The molecule has 0 saturated carbocycles. The second-order valence-electron chi connectivity index (χ2n) is 10.3. The summed E-state index contributed by atoms with van der Waals surface area (Å²) in [6.45, 7) is 5.30. The van der Waals surface area contributed by atoms with Gasteiger partial charge >= 0.3 is 0 Å². The first-order valence-electron chi connectivity index (χ1n) is 12.9. The van der Waals surface area contributed by atoms with Crippen LogP contribution in [0.2, 0.25) is 5.02 Å². The lowest BCUT2D eigenvalue weighted by molar-refractivity contribution is 0.0609. The van der Waals surface area contributed by atoms with Crippen molar-refractivity contribution in [2.24, 2.45) is 17.1 Å². The van der Waals surface area contributed by atoms with Crippen LogP contribution in [0.15, 0.2) is 45.6 Å². The zero-order valence-electron chi connectivity index (χ0n) is 20.6. The van der Waals surface area contributed by atoms with Gasteiger partial charge < -0.3 is 20.1 Å². The van der Waals surface area contributed by atoms with Gasteiger partial charge in [-0.25, -0.2) is 15.0 Å². The molecule has 3 aliphatic rings. The lowest BCUT2D eigenvalue weighted by Gasteiger charge is -2.41. The normalized spacial score (nSPS) is 22.2. The van der Waals surface area contributed by atoms with Gasteiger partial charge in [0.1, 0.15) is 10.8 Å². The smallest absolute Gasteiger partial charge is 0.262 e. The van der Waals surface area contributed by atoms with Gasteiger partial charge in [0, 0.05) is 49.2 Å². The van der Waals surface area contributed by atoms with E-state index in [0.717, 1.165) is 74.3 Å². The van der Waals surface area contributed by atoms with Crippen LogP contribution in [-0.2, 0) is 16.0 Å². The summed E-state index contributed by atoms with van der Waals surface area (Å²) in [5.41, 5.74) is 6.90. The third kappa shape index (κ3) is 4.97. The zero-order valence-corrected chi connectivity index (χ0v) is 22.2. The maximum atomic E-state index is 13.3. The molecule has 196 valence electrons. The molecular formula is C26H31ClN6O3S. The highest BCUT2D eigenvalue weighted by Crippen LogP contribution is 2.40. The third-order valence-corrected chi connectivity index (χ3v) is 9.56. The van der Waals surface area contributed by atoms with Crippen LogP contribution in [0, 0.1) is 11.3 Å². The predicted octanol–water partition coefficient (Wildman–Crippen LogP) is 3.36.